The Morgan fingerprint density at radius 3 is 2.67 bits per heavy atom. The molecular formula is C26H31ClF3N3O3. The van der Waals surface area contributed by atoms with Gasteiger partial charge in [0.25, 0.3) is 5.91 Å². The molecule has 0 radical (unpaired) electrons. The lowest BCUT2D eigenvalue weighted by molar-refractivity contribution is -0.137. The molecule has 4 rings (SSSR count). The number of hydrogen-bond donors (Lipinski definition) is 0. The van der Waals surface area contributed by atoms with Crippen molar-refractivity contribution in [2.75, 3.05) is 33.4 Å². The van der Waals surface area contributed by atoms with Crippen LogP contribution in [0.2, 0.25) is 5.02 Å². The third-order valence-corrected chi connectivity index (χ3v) is 7.71. The SMILES string of the molecule is CO[C@@H]1COCC[C@@H]1CC1CCN(C(=O)c2ncnc(Cc3ccc(Cl)c(C(F)(F)F)c3)c2C)CC1. The van der Waals surface area contributed by atoms with Crippen LogP contribution >= 0.6 is 11.6 Å². The molecule has 1 aromatic carbocycles. The molecule has 2 aliphatic rings. The van der Waals surface area contributed by atoms with Crippen molar-refractivity contribution in [3.05, 3.63) is 57.6 Å². The first-order chi connectivity index (χ1) is 17.2. The van der Waals surface area contributed by atoms with Crippen LogP contribution in [0.1, 0.15) is 58.6 Å². The number of amides is 1. The molecule has 0 saturated carbocycles. The van der Waals surface area contributed by atoms with Crippen LogP contribution in [0, 0.1) is 18.8 Å². The van der Waals surface area contributed by atoms with Gasteiger partial charge in [0.1, 0.15) is 12.0 Å². The average Bonchev–Trinajstić information content (AvgIpc) is 2.86. The summed E-state index contributed by atoms with van der Waals surface area (Å²) in [5.74, 6) is 0.848. The molecule has 2 atom stereocenters. The highest BCUT2D eigenvalue weighted by molar-refractivity contribution is 6.31. The largest absolute Gasteiger partial charge is 0.417 e. The quantitative estimate of drug-likeness (QED) is 0.509. The lowest BCUT2D eigenvalue weighted by Crippen LogP contribution is -2.41. The number of hydrogen-bond acceptors (Lipinski definition) is 5. The number of rotatable bonds is 6. The third kappa shape index (κ3) is 6.18. The molecule has 0 aliphatic carbocycles. The van der Waals surface area contributed by atoms with E-state index in [1.165, 1.54) is 18.5 Å². The Labute approximate surface area is 214 Å². The Morgan fingerprint density at radius 2 is 1.97 bits per heavy atom. The number of aromatic nitrogens is 2. The summed E-state index contributed by atoms with van der Waals surface area (Å²) in [4.78, 5) is 23.6. The molecule has 36 heavy (non-hydrogen) atoms. The van der Waals surface area contributed by atoms with Crippen molar-refractivity contribution in [1.29, 1.82) is 0 Å². The molecule has 3 heterocycles. The van der Waals surface area contributed by atoms with E-state index in [0.29, 0.717) is 54.0 Å². The summed E-state index contributed by atoms with van der Waals surface area (Å²) >= 11 is 5.74. The maximum absolute atomic E-state index is 13.3. The monoisotopic (exact) mass is 525 g/mol. The van der Waals surface area contributed by atoms with Crippen LogP contribution in [-0.4, -0.2) is 60.3 Å². The third-order valence-electron chi connectivity index (χ3n) is 7.38. The van der Waals surface area contributed by atoms with Crippen LogP contribution in [0.4, 0.5) is 13.2 Å². The molecule has 1 amide bonds. The van der Waals surface area contributed by atoms with Crippen molar-refractivity contribution in [2.24, 2.45) is 11.8 Å². The molecule has 196 valence electrons. The lowest BCUT2D eigenvalue weighted by atomic mass is 9.82. The first-order valence-electron chi connectivity index (χ1n) is 12.2. The summed E-state index contributed by atoms with van der Waals surface area (Å²) in [6.07, 6.45) is 0.939. The first kappa shape index (κ1) is 26.8. The normalized spacial score (nSPS) is 21.6. The number of methoxy groups -OCH3 is 1. The number of ether oxygens (including phenoxy) is 2. The topological polar surface area (TPSA) is 64.6 Å². The molecule has 2 aliphatic heterocycles. The lowest BCUT2D eigenvalue weighted by Gasteiger charge is -2.37. The van der Waals surface area contributed by atoms with Crippen LogP contribution in [0.5, 0.6) is 0 Å². The number of alkyl halides is 3. The molecule has 2 fully saturated rings. The maximum Gasteiger partial charge on any atom is 0.417 e. The molecule has 1 aromatic heterocycles. The van der Waals surface area contributed by atoms with Crippen LogP contribution in [0.25, 0.3) is 0 Å². The van der Waals surface area contributed by atoms with Crippen LogP contribution in [-0.2, 0) is 22.1 Å². The summed E-state index contributed by atoms with van der Waals surface area (Å²) < 4.78 is 50.9. The van der Waals surface area contributed by atoms with E-state index < -0.39 is 11.7 Å². The molecule has 0 spiro atoms. The number of nitrogens with zero attached hydrogens (tertiary/aromatic N) is 3. The van der Waals surface area contributed by atoms with Gasteiger partial charge in [-0.2, -0.15) is 13.2 Å². The number of benzene rings is 1. The minimum atomic E-state index is -4.55. The zero-order chi connectivity index (χ0) is 25.9. The fraction of sp³-hybridized carbons (Fsp3) is 0.577. The highest BCUT2D eigenvalue weighted by atomic mass is 35.5. The molecule has 10 heteroatoms. The Hall–Kier alpha value is -2.23. The molecule has 6 nitrogen and oxygen atoms in total. The van der Waals surface area contributed by atoms with Crippen LogP contribution < -0.4 is 0 Å². The standard InChI is InChI=1S/C26H31ClF3N3O3/c1-16-22(13-18-3-4-21(27)20(12-18)26(28,29)30)31-15-32-24(16)25(34)33-8-5-17(6-9-33)11-19-7-10-36-14-23(19)35-2/h3-4,12,15,17,19,23H,5-11,13-14H2,1-2H3/t19-,23-/m1/s1. The van der Waals surface area contributed by atoms with Gasteiger partial charge < -0.3 is 14.4 Å². The zero-order valence-corrected chi connectivity index (χ0v) is 21.2. The number of likely N-dealkylation sites (tertiary alicyclic amines) is 1. The van der Waals surface area contributed by atoms with E-state index in [2.05, 4.69) is 9.97 Å². The fourth-order valence-electron chi connectivity index (χ4n) is 5.21. The van der Waals surface area contributed by atoms with Gasteiger partial charge in [0.15, 0.2) is 0 Å². The molecule has 2 aromatic rings. The molecule has 0 unspecified atom stereocenters. The summed E-state index contributed by atoms with van der Waals surface area (Å²) in [6, 6.07) is 3.81. The second-order valence-electron chi connectivity index (χ2n) is 9.65. The summed E-state index contributed by atoms with van der Waals surface area (Å²) in [6.45, 7) is 4.45. The van der Waals surface area contributed by atoms with Crippen molar-refractivity contribution in [3.8, 4) is 0 Å². The van der Waals surface area contributed by atoms with Crippen molar-refractivity contribution in [3.63, 3.8) is 0 Å². The van der Waals surface area contributed by atoms with Gasteiger partial charge in [-0.25, -0.2) is 9.97 Å². The molecule has 0 bridgehead atoms. The van der Waals surface area contributed by atoms with Gasteiger partial charge in [-0.1, -0.05) is 17.7 Å². The Kier molecular flexibility index (Phi) is 8.52. The van der Waals surface area contributed by atoms with Gasteiger partial charge in [0, 0.05) is 38.8 Å². The average molecular weight is 526 g/mol. The number of carbonyl (C=O) groups is 1. The molecular weight excluding hydrogens is 495 g/mol. The van der Waals surface area contributed by atoms with Crippen molar-refractivity contribution in [2.45, 2.75) is 51.3 Å². The van der Waals surface area contributed by atoms with E-state index in [1.54, 1.807) is 14.0 Å². The van der Waals surface area contributed by atoms with Gasteiger partial charge in [-0.15, -0.1) is 0 Å². The van der Waals surface area contributed by atoms with Crippen LogP contribution in [0.15, 0.2) is 24.5 Å². The second-order valence-corrected chi connectivity index (χ2v) is 10.1. The molecule has 2 saturated heterocycles. The van der Waals surface area contributed by atoms with Crippen molar-refractivity contribution >= 4 is 17.5 Å². The van der Waals surface area contributed by atoms with Gasteiger partial charge in [0.05, 0.1) is 29.0 Å². The van der Waals surface area contributed by atoms with E-state index in [-0.39, 0.29) is 23.5 Å². The van der Waals surface area contributed by atoms with E-state index in [0.717, 1.165) is 38.4 Å². The predicted molar refractivity (Wildman–Crippen MR) is 129 cm³/mol. The van der Waals surface area contributed by atoms with Crippen molar-refractivity contribution < 1.29 is 27.4 Å². The van der Waals surface area contributed by atoms with E-state index >= 15 is 0 Å². The highest BCUT2D eigenvalue weighted by Gasteiger charge is 2.34. The predicted octanol–water partition coefficient (Wildman–Crippen LogP) is 5.34. The summed E-state index contributed by atoms with van der Waals surface area (Å²) in [5, 5.41) is -0.348. The number of carbonyl (C=O) groups excluding carboxylic acids is 1. The smallest absolute Gasteiger partial charge is 0.379 e. The van der Waals surface area contributed by atoms with E-state index in [4.69, 9.17) is 21.1 Å². The van der Waals surface area contributed by atoms with Crippen LogP contribution in [0.3, 0.4) is 0 Å². The zero-order valence-electron chi connectivity index (χ0n) is 20.5. The van der Waals surface area contributed by atoms with Gasteiger partial charge in [-0.05, 0) is 62.1 Å². The van der Waals surface area contributed by atoms with Gasteiger partial charge in [-0.3, -0.25) is 4.79 Å². The minimum Gasteiger partial charge on any atom is -0.379 e. The summed E-state index contributed by atoms with van der Waals surface area (Å²) in [7, 11) is 1.73. The molecule has 0 N–H and O–H groups in total. The van der Waals surface area contributed by atoms with Gasteiger partial charge >= 0.3 is 6.18 Å². The Balaban J connectivity index is 1.40. The van der Waals surface area contributed by atoms with Crippen molar-refractivity contribution in [1.82, 2.24) is 14.9 Å². The number of halogens is 4. The van der Waals surface area contributed by atoms with E-state index in [1.807, 2.05) is 4.90 Å². The maximum atomic E-state index is 13.3. The number of piperidine rings is 1. The first-order valence-corrected chi connectivity index (χ1v) is 12.6. The van der Waals surface area contributed by atoms with Gasteiger partial charge in [0.2, 0.25) is 0 Å². The summed E-state index contributed by atoms with van der Waals surface area (Å²) in [5.41, 5.74) is 0.926. The Morgan fingerprint density at radius 1 is 1.22 bits per heavy atom. The minimum absolute atomic E-state index is 0.133. The highest BCUT2D eigenvalue weighted by Crippen LogP contribution is 2.36. The fourth-order valence-corrected chi connectivity index (χ4v) is 5.43. The van der Waals surface area contributed by atoms with E-state index in [9.17, 15) is 18.0 Å². The Bertz CT molecular complexity index is 1070. The second kappa shape index (κ2) is 11.4.